The maximum Gasteiger partial charge on any atom is 0.243 e. The van der Waals surface area contributed by atoms with Gasteiger partial charge in [0.15, 0.2) is 0 Å². The van der Waals surface area contributed by atoms with E-state index in [9.17, 15) is 12.8 Å². The number of hydrogen-bond donors (Lipinski definition) is 0. The molecule has 0 amide bonds. The Labute approximate surface area is 154 Å². The van der Waals surface area contributed by atoms with Crippen LogP contribution in [0.4, 0.5) is 4.39 Å². The fraction of sp³-hybridized carbons (Fsp3) is 0.400. The molecule has 26 heavy (non-hydrogen) atoms. The molecule has 0 N–H and O–H groups in total. The zero-order valence-corrected chi connectivity index (χ0v) is 15.5. The zero-order chi connectivity index (χ0) is 18.2. The van der Waals surface area contributed by atoms with Crippen LogP contribution in [0.25, 0.3) is 0 Å². The van der Waals surface area contributed by atoms with Gasteiger partial charge >= 0.3 is 0 Å². The van der Waals surface area contributed by atoms with E-state index in [-0.39, 0.29) is 11.2 Å². The molecule has 2 aromatic carbocycles. The van der Waals surface area contributed by atoms with Gasteiger partial charge < -0.3 is 0 Å². The van der Waals surface area contributed by atoms with Crippen LogP contribution >= 0.6 is 0 Å². The average molecular weight is 374 g/mol. The average Bonchev–Trinajstić information content (AvgIpc) is 3.25. The van der Waals surface area contributed by atoms with Gasteiger partial charge in [-0.25, -0.2) is 12.8 Å². The van der Waals surface area contributed by atoms with Crippen LogP contribution in [0.1, 0.15) is 18.4 Å². The molecule has 0 radical (unpaired) electrons. The first kappa shape index (κ1) is 17.6. The molecule has 1 atom stereocenters. The van der Waals surface area contributed by atoms with E-state index in [1.165, 1.54) is 6.07 Å². The lowest BCUT2D eigenvalue weighted by Gasteiger charge is -2.25. The molecule has 0 saturated carbocycles. The Morgan fingerprint density at radius 1 is 0.923 bits per heavy atom. The van der Waals surface area contributed by atoms with Crippen LogP contribution < -0.4 is 0 Å². The Kier molecular flexibility index (Phi) is 4.59. The lowest BCUT2D eigenvalue weighted by atomic mass is 9.86. The smallest absolute Gasteiger partial charge is 0.243 e. The van der Waals surface area contributed by atoms with E-state index in [4.69, 9.17) is 0 Å². The lowest BCUT2D eigenvalue weighted by Crippen LogP contribution is -2.34. The van der Waals surface area contributed by atoms with E-state index in [1.54, 1.807) is 34.6 Å². The highest BCUT2D eigenvalue weighted by Crippen LogP contribution is 2.41. The van der Waals surface area contributed by atoms with Crippen molar-refractivity contribution in [2.24, 2.45) is 5.41 Å². The summed E-state index contributed by atoms with van der Waals surface area (Å²) in [5.41, 5.74) is 0.698. The predicted octanol–water partition coefficient (Wildman–Crippen LogP) is 3.11. The van der Waals surface area contributed by atoms with Crippen molar-refractivity contribution < 1.29 is 12.8 Å². The minimum Gasteiger partial charge on any atom is -0.298 e. The van der Waals surface area contributed by atoms with Crippen molar-refractivity contribution in [2.75, 3.05) is 26.2 Å². The van der Waals surface area contributed by atoms with E-state index in [1.807, 2.05) is 18.2 Å². The Bertz CT molecular complexity index is 888. The summed E-state index contributed by atoms with van der Waals surface area (Å²) in [5, 5.41) is 0. The van der Waals surface area contributed by atoms with E-state index in [2.05, 4.69) is 4.90 Å². The van der Waals surface area contributed by atoms with E-state index >= 15 is 0 Å². The normalized spacial score (nSPS) is 24.5. The van der Waals surface area contributed by atoms with Gasteiger partial charge in [-0.3, -0.25) is 4.90 Å². The van der Waals surface area contributed by atoms with Crippen molar-refractivity contribution in [3.8, 4) is 0 Å². The predicted molar refractivity (Wildman–Crippen MR) is 98.5 cm³/mol. The van der Waals surface area contributed by atoms with Crippen molar-refractivity contribution >= 4 is 10.0 Å². The molecule has 2 aliphatic heterocycles. The second kappa shape index (κ2) is 6.76. The number of rotatable bonds is 4. The molecule has 138 valence electrons. The molecule has 1 spiro atoms. The fourth-order valence-electron chi connectivity index (χ4n) is 4.20. The molecule has 2 saturated heterocycles. The van der Waals surface area contributed by atoms with Crippen LogP contribution in [0.3, 0.4) is 0 Å². The van der Waals surface area contributed by atoms with Crippen LogP contribution in [0.5, 0.6) is 0 Å². The van der Waals surface area contributed by atoms with Crippen molar-refractivity contribution in [1.82, 2.24) is 9.21 Å². The van der Waals surface area contributed by atoms with Gasteiger partial charge in [0.25, 0.3) is 0 Å². The third kappa shape index (κ3) is 3.29. The molecular formula is C20H23FN2O2S. The topological polar surface area (TPSA) is 40.6 Å². The van der Waals surface area contributed by atoms with Gasteiger partial charge in [-0.05, 0) is 43.0 Å². The molecule has 2 aromatic rings. The summed E-state index contributed by atoms with van der Waals surface area (Å²) in [4.78, 5) is 2.61. The Morgan fingerprint density at radius 3 is 2.38 bits per heavy atom. The van der Waals surface area contributed by atoms with Crippen LogP contribution in [0.15, 0.2) is 59.5 Å². The summed E-state index contributed by atoms with van der Waals surface area (Å²) in [5.74, 6) is -0.173. The number of hydrogen-bond acceptors (Lipinski definition) is 3. The third-order valence-electron chi connectivity index (χ3n) is 5.65. The second-order valence-electron chi connectivity index (χ2n) is 7.45. The standard InChI is InChI=1S/C20H23FN2O2S/c21-19-9-5-4-6-17(19)14-22-12-10-20(15-22)11-13-23(16-20)26(24,25)18-7-2-1-3-8-18/h1-9H,10-16H2. The first-order chi connectivity index (χ1) is 12.5. The number of likely N-dealkylation sites (tertiary alicyclic amines) is 1. The Morgan fingerprint density at radius 2 is 1.62 bits per heavy atom. The number of nitrogens with zero attached hydrogens (tertiary/aromatic N) is 2. The number of sulfonamides is 1. The van der Waals surface area contributed by atoms with Gasteiger partial charge in [0, 0.05) is 31.7 Å². The fourth-order valence-corrected chi connectivity index (χ4v) is 5.78. The molecule has 0 bridgehead atoms. The largest absolute Gasteiger partial charge is 0.298 e. The highest BCUT2D eigenvalue weighted by atomic mass is 32.2. The quantitative estimate of drug-likeness (QED) is 0.826. The van der Waals surface area contributed by atoms with Crippen molar-refractivity contribution in [3.05, 3.63) is 66.0 Å². The maximum absolute atomic E-state index is 13.9. The first-order valence-electron chi connectivity index (χ1n) is 9.00. The molecule has 4 nitrogen and oxygen atoms in total. The molecule has 2 fully saturated rings. The summed E-state index contributed by atoms with van der Waals surface area (Å²) >= 11 is 0. The Balaban J connectivity index is 1.45. The summed E-state index contributed by atoms with van der Waals surface area (Å²) in [7, 11) is -3.43. The van der Waals surface area contributed by atoms with Crippen LogP contribution in [0.2, 0.25) is 0 Å². The molecule has 1 unspecified atom stereocenters. The van der Waals surface area contributed by atoms with Gasteiger partial charge in [0.1, 0.15) is 5.82 Å². The van der Waals surface area contributed by atoms with Crippen molar-refractivity contribution in [1.29, 1.82) is 0 Å². The number of halogens is 1. The van der Waals surface area contributed by atoms with Crippen LogP contribution in [0, 0.1) is 11.2 Å². The monoisotopic (exact) mass is 374 g/mol. The minimum atomic E-state index is -3.43. The summed E-state index contributed by atoms with van der Waals surface area (Å²) < 4.78 is 41.2. The highest BCUT2D eigenvalue weighted by molar-refractivity contribution is 7.89. The lowest BCUT2D eigenvalue weighted by molar-refractivity contribution is 0.258. The molecule has 2 aliphatic rings. The summed E-state index contributed by atoms with van der Waals surface area (Å²) in [6.07, 6.45) is 1.83. The first-order valence-corrected chi connectivity index (χ1v) is 10.4. The van der Waals surface area contributed by atoms with E-state index in [0.717, 1.165) is 25.9 Å². The molecule has 4 rings (SSSR count). The van der Waals surface area contributed by atoms with Gasteiger partial charge in [0.2, 0.25) is 10.0 Å². The maximum atomic E-state index is 13.9. The highest BCUT2D eigenvalue weighted by Gasteiger charge is 2.46. The Hall–Kier alpha value is -1.76. The molecule has 6 heteroatoms. The minimum absolute atomic E-state index is 0.00684. The molecule has 0 aromatic heterocycles. The van der Waals surface area contributed by atoms with E-state index < -0.39 is 10.0 Å². The molecule has 0 aliphatic carbocycles. The van der Waals surface area contributed by atoms with E-state index in [0.29, 0.717) is 30.1 Å². The van der Waals surface area contributed by atoms with Gasteiger partial charge in [0.05, 0.1) is 4.90 Å². The van der Waals surface area contributed by atoms with Crippen molar-refractivity contribution in [2.45, 2.75) is 24.3 Å². The molecule has 2 heterocycles. The van der Waals surface area contributed by atoms with Gasteiger partial charge in [-0.1, -0.05) is 36.4 Å². The second-order valence-corrected chi connectivity index (χ2v) is 9.39. The van der Waals surface area contributed by atoms with Gasteiger partial charge in [-0.15, -0.1) is 0 Å². The van der Waals surface area contributed by atoms with Crippen LogP contribution in [-0.2, 0) is 16.6 Å². The number of benzene rings is 2. The summed E-state index contributed by atoms with van der Waals surface area (Å²) in [6.45, 7) is 3.40. The van der Waals surface area contributed by atoms with Crippen molar-refractivity contribution in [3.63, 3.8) is 0 Å². The zero-order valence-electron chi connectivity index (χ0n) is 14.6. The SMILES string of the molecule is O=S(=O)(c1ccccc1)N1CCC2(CCN(Cc3ccccc3F)C2)C1. The summed E-state index contributed by atoms with van der Waals surface area (Å²) in [6, 6.07) is 15.5. The van der Waals surface area contributed by atoms with Gasteiger partial charge in [-0.2, -0.15) is 4.31 Å². The molecular weight excluding hydrogens is 351 g/mol. The third-order valence-corrected chi connectivity index (χ3v) is 7.51. The van der Waals surface area contributed by atoms with Crippen LogP contribution in [-0.4, -0.2) is 43.8 Å².